The molecule has 2 aromatic carbocycles. The van der Waals surface area contributed by atoms with Crippen molar-refractivity contribution in [3.05, 3.63) is 66.6 Å². The molecule has 0 saturated carbocycles. The van der Waals surface area contributed by atoms with Gasteiger partial charge in [-0.3, -0.25) is 9.36 Å². The van der Waals surface area contributed by atoms with Crippen LogP contribution in [-0.4, -0.2) is 40.2 Å². The van der Waals surface area contributed by atoms with E-state index in [-0.39, 0.29) is 12.0 Å². The minimum absolute atomic E-state index is 0.133. The lowest BCUT2D eigenvalue weighted by Crippen LogP contribution is -2.41. The number of fused-ring (bicyclic) bond motifs is 2. The molecule has 2 aromatic heterocycles. The predicted octanol–water partition coefficient (Wildman–Crippen LogP) is 3.03. The van der Waals surface area contributed by atoms with Gasteiger partial charge in [0.15, 0.2) is 0 Å². The number of H-pyrrole nitrogens is 1. The lowest BCUT2D eigenvalue weighted by molar-refractivity contribution is -0.116. The second-order valence-corrected chi connectivity index (χ2v) is 6.55. The van der Waals surface area contributed by atoms with Crippen LogP contribution in [0.4, 0.5) is 0 Å². The molecule has 0 saturated heterocycles. The van der Waals surface area contributed by atoms with E-state index in [2.05, 4.69) is 21.4 Å². The average Bonchev–Trinajstić information content (AvgIpc) is 3.32. The van der Waals surface area contributed by atoms with Gasteiger partial charge in [-0.1, -0.05) is 30.3 Å². The first-order chi connectivity index (χ1) is 13.3. The van der Waals surface area contributed by atoms with Crippen LogP contribution in [0.3, 0.4) is 0 Å². The Balaban J connectivity index is 1.85. The molecule has 0 radical (unpaired) electrons. The number of aromatic nitrogens is 3. The number of imidazole rings is 1. The van der Waals surface area contributed by atoms with Gasteiger partial charge in [0, 0.05) is 41.9 Å². The summed E-state index contributed by atoms with van der Waals surface area (Å²) in [6.07, 6.45) is 3.40. The minimum Gasteiger partial charge on any atom is -0.375 e. The molecule has 0 fully saturated rings. The van der Waals surface area contributed by atoms with Crippen LogP contribution in [0.25, 0.3) is 33.2 Å². The summed E-state index contributed by atoms with van der Waals surface area (Å²) in [4.78, 5) is 20.7. The van der Waals surface area contributed by atoms with Gasteiger partial charge in [0.2, 0.25) is 0 Å². The number of hydrogen-bond donors (Lipinski definition) is 2. The first-order valence-electron chi connectivity index (χ1n) is 8.82. The third kappa shape index (κ3) is 2.38. The van der Waals surface area contributed by atoms with Crippen molar-refractivity contribution in [2.45, 2.75) is 6.10 Å². The maximum atomic E-state index is 13.0. The number of ether oxygens (including phenoxy) is 1. The van der Waals surface area contributed by atoms with Crippen molar-refractivity contribution in [1.29, 1.82) is 0 Å². The van der Waals surface area contributed by atoms with Crippen LogP contribution in [-0.2, 0) is 9.53 Å². The van der Waals surface area contributed by atoms with E-state index in [1.807, 2.05) is 53.2 Å². The molecule has 1 unspecified atom stereocenters. The van der Waals surface area contributed by atoms with Gasteiger partial charge in [-0.2, -0.15) is 0 Å². The minimum atomic E-state index is -0.252. The maximum absolute atomic E-state index is 13.0. The van der Waals surface area contributed by atoms with Crippen LogP contribution in [0.2, 0.25) is 0 Å². The van der Waals surface area contributed by atoms with Crippen LogP contribution in [0, 0.1) is 0 Å². The quantitative estimate of drug-likeness (QED) is 0.591. The topological polar surface area (TPSA) is 71.9 Å². The van der Waals surface area contributed by atoms with E-state index in [1.165, 1.54) is 0 Å². The molecule has 1 amide bonds. The standard InChI is InChI=1S/C21H18N4O2/c1-27-18-11-23-21(26)20(25-12-24-16-8-4-5-9-17(16)25)19(18)14-10-22-15-7-3-2-6-13(14)15/h2-10,12,18,22H,11H2,1H3,(H,23,26). The highest BCUT2D eigenvalue weighted by molar-refractivity contribution is 6.25. The summed E-state index contributed by atoms with van der Waals surface area (Å²) in [5.41, 5.74) is 5.14. The molecule has 1 atom stereocenters. The molecule has 134 valence electrons. The number of nitrogens with one attached hydrogen (secondary N) is 2. The van der Waals surface area contributed by atoms with Crippen molar-refractivity contribution in [3.8, 4) is 0 Å². The van der Waals surface area contributed by atoms with Crippen LogP contribution in [0.15, 0.2) is 61.1 Å². The van der Waals surface area contributed by atoms with Crippen LogP contribution >= 0.6 is 0 Å². The molecule has 0 aliphatic carbocycles. The van der Waals surface area contributed by atoms with Crippen molar-refractivity contribution < 1.29 is 9.53 Å². The molecular weight excluding hydrogens is 340 g/mol. The highest BCUT2D eigenvalue weighted by Crippen LogP contribution is 2.35. The summed E-state index contributed by atoms with van der Waals surface area (Å²) in [5.74, 6) is -0.133. The summed E-state index contributed by atoms with van der Waals surface area (Å²) in [6.45, 7) is 0.431. The first kappa shape index (κ1) is 15.8. The summed E-state index contributed by atoms with van der Waals surface area (Å²) >= 11 is 0. The summed E-state index contributed by atoms with van der Waals surface area (Å²) in [7, 11) is 1.67. The molecule has 4 aromatic rings. The summed E-state index contributed by atoms with van der Waals surface area (Å²) in [5, 5.41) is 4.01. The Morgan fingerprint density at radius 3 is 2.85 bits per heavy atom. The van der Waals surface area contributed by atoms with Gasteiger partial charge in [-0.15, -0.1) is 0 Å². The Kier molecular flexibility index (Phi) is 3.58. The molecule has 0 spiro atoms. The number of carbonyl (C=O) groups is 1. The average molecular weight is 358 g/mol. The number of carbonyl (C=O) groups excluding carboxylic acids is 1. The fraction of sp³-hybridized carbons (Fsp3) is 0.143. The van der Waals surface area contributed by atoms with Gasteiger partial charge in [-0.25, -0.2) is 4.98 Å². The Bertz CT molecular complexity index is 1200. The van der Waals surface area contributed by atoms with E-state index < -0.39 is 0 Å². The lowest BCUT2D eigenvalue weighted by atomic mass is 9.94. The van der Waals surface area contributed by atoms with Gasteiger partial charge < -0.3 is 15.0 Å². The van der Waals surface area contributed by atoms with Gasteiger partial charge in [0.25, 0.3) is 5.91 Å². The van der Waals surface area contributed by atoms with Crippen LogP contribution in [0.1, 0.15) is 5.56 Å². The van der Waals surface area contributed by atoms with Crippen molar-refractivity contribution in [2.75, 3.05) is 13.7 Å². The monoisotopic (exact) mass is 358 g/mol. The number of nitrogens with zero attached hydrogens (tertiary/aromatic N) is 2. The molecular formula is C21H18N4O2. The van der Waals surface area contributed by atoms with E-state index >= 15 is 0 Å². The Labute approximate surface area is 155 Å². The number of para-hydroxylation sites is 3. The maximum Gasteiger partial charge on any atom is 0.268 e. The van der Waals surface area contributed by atoms with Crippen molar-refractivity contribution in [2.24, 2.45) is 0 Å². The third-order valence-electron chi connectivity index (χ3n) is 5.10. The zero-order chi connectivity index (χ0) is 18.4. The Morgan fingerprint density at radius 2 is 1.96 bits per heavy atom. The van der Waals surface area contributed by atoms with Crippen molar-refractivity contribution in [3.63, 3.8) is 0 Å². The molecule has 1 aliphatic heterocycles. The highest BCUT2D eigenvalue weighted by Gasteiger charge is 2.32. The Hall–Kier alpha value is -3.38. The predicted molar refractivity (Wildman–Crippen MR) is 105 cm³/mol. The number of amides is 1. The van der Waals surface area contributed by atoms with Crippen molar-refractivity contribution >= 4 is 39.1 Å². The summed E-state index contributed by atoms with van der Waals surface area (Å²) < 4.78 is 7.60. The fourth-order valence-corrected chi connectivity index (χ4v) is 3.82. The van der Waals surface area contributed by atoms with Crippen molar-refractivity contribution in [1.82, 2.24) is 19.9 Å². The number of methoxy groups -OCH3 is 1. The number of hydrogen-bond acceptors (Lipinski definition) is 3. The van der Waals surface area contributed by atoms with E-state index in [4.69, 9.17) is 4.74 Å². The third-order valence-corrected chi connectivity index (χ3v) is 5.10. The first-order valence-corrected chi connectivity index (χ1v) is 8.82. The second-order valence-electron chi connectivity index (χ2n) is 6.55. The zero-order valence-electron chi connectivity index (χ0n) is 14.8. The number of benzene rings is 2. The highest BCUT2D eigenvalue weighted by atomic mass is 16.5. The molecule has 3 heterocycles. The smallest absolute Gasteiger partial charge is 0.268 e. The Morgan fingerprint density at radius 1 is 1.15 bits per heavy atom. The molecule has 5 rings (SSSR count). The van der Waals surface area contributed by atoms with Gasteiger partial charge in [0.1, 0.15) is 18.1 Å². The van der Waals surface area contributed by atoms with E-state index in [0.29, 0.717) is 12.2 Å². The SMILES string of the molecule is COC1CNC(=O)C(n2cnc3ccccc32)=C1c1c[nH]c2ccccc12. The van der Waals surface area contributed by atoms with E-state index in [0.717, 1.165) is 33.1 Å². The largest absolute Gasteiger partial charge is 0.375 e. The fourth-order valence-electron chi connectivity index (χ4n) is 3.82. The zero-order valence-corrected chi connectivity index (χ0v) is 14.8. The molecule has 6 heteroatoms. The van der Waals surface area contributed by atoms with Gasteiger partial charge in [-0.05, 0) is 18.2 Å². The van der Waals surface area contributed by atoms with Crippen LogP contribution in [0.5, 0.6) is 0 Å². The summed E-state index contributed by atoms with van der Waals surface area (Å²) in [6, 6.07) is 15.8. The van der Waals surface area contributed by atoms with E-state index in [1.54, 1.807) is 13.4 Å². The lowest BCUT2D eigenvalue weighted by Gasteiger charge is -2.28. The number of aromatic amines is 1. The molecule has 27 heavy (non-hydrogen) atoms. The van der Waals surface area contributed by atoms with Crippen LogP contribution < -0.4 is 5.32 Å². The normalized spacial score (nSPS) is 17.7. The molecule has 2 N–H and O–H groups in total. The molecule has 6 nitrogen and oxygen atoms in total. The number of rotatable bonds is 3. The molecule has 1 aliphatic rings. The van der Waals surface area contributed by atoms with Gasteiger partial charge >= 0.3 is 0 Å². The van der Waals surface area contributed by atoms with Gasteiger partial charge in [0.05, 0.1) is 11.0 Å². The van der Waals surface area contributed by atoms with E-state index in [9.17, 15) is 4.79 Å². The molecule has 0 bridgehead atoms. The second kappa shape index (κ2) is 6.10.